The second kappa shape index (κ2) is 4.23. The summed E-state index contributed by atoms with van der Waals surface area (Å²) in [6.45, 7) is 2.26. The summed E-state index contributed by atoms with van der Waals surface area (Å²) in [5.41, 5.74) is 1.13. The van der Waals surface area contributed by atoms with Gasteiger partial charge >= 0.3 is 5.97 Å². The van der Waals surface area contributed by atoms with Gasteiger partial charge < -0.3 is 10.4 Å². The maximum Gasteiger partial charge on any atom is 0.320 e. The predicted octanol–water partition coefficient (Wildman–Crippen LogP) is 1.31. The van der Waals surface area contributed by atoms with Crippen LogP contribution in [0.25, 0.3) is 0 Å². The maximum absolute atomic E-state index is 10.4. The van der Waals surface area contributed by atoms with Gasteiger partial charge in [0, 0.05) is 6.54 Å². The third-order valence-electron chi connectivity index (χ3n) is 1.56. The number of hydrogen-bond donors (Lipinski definition) is 2. The SMILES string of the molecule is C[C@@H](NCc1ccsc1)C(=O)O. The lowest BCUT2D eigenvalue weighted by molar-refractivity contribution is -0.139. The molecule has 0 saturated carbocycles. The number of rotatable bonds is 4. The van der Waals surface area contributed by atoms with Crippen LogP contribution in [0, 0.1) is 0 Å². The minimum atomic E-state index is -0.815. The van der Waals surface area contributed by atoms with Crippen molar-refractivity contribution in [1.82, 2.24) is 5.32 Å². The second-order valence-electron chi connectivity index (χ2n) is 2.57. The van der Waals surface area contributed by atoms with Gasteiger partial charge in [0.2, 0.25) is 0 Å². The van der Waals surface area contributed by atoms with Crippen LogP contribution < -0.4 is 5.32 Å². The van der Waals surface area contributed by atoms with Crippen molar-refractivity contribution in [2.24, 2.45) is 0 Å². The van der Waals surface area contributed by atoms with E-state index in [2.05, 4.69) is 5.32 Å². The first kappa shape index (κ1) is 9.22. The first-order valence-electron chi connectivity index (χ1n) is 3.67. The van der Waals surface area contributed by atoms with E-state index in [4.69, 9.17) is 5.11 Å². The van der Waals surface area contributed by atoms with Gasteiger partial charge in [-0.2, -0.15) is 11.3 Å². The van der Waals surface area contributed by atoms with E-state index < -0.39 is 12.0 Å². The molecule has 0 unspecified atom stereocenters. The van der Waals surface area contributed by atoms with E-state index in [-0.39, 0.29) is 0 Å². The van der Waals surface area contributed by atoms with Crippen molar-refractivity contribution in [3.63, 3.8) is 0 Å². The van der Waals surface area contributed by atoms with Crippen molar-refractivity contribution in [1.29, 1.82) is 0 Å². The first-order chi connectivity index (χ1) is 5.70. The molecule has 4 heteroatoms. The lowest BCUT2D eigenvalue weighted by Gasteiger charge is -2.06. The zero-order valence-corrected chi connectivity index (χ0v) is 7.60. The fourth-order valence-electron chi connectivity index (χ4n) is 0.751. The highest BCUT2D eigenvalue weighted by Crippen LogP contribution is 2.05. The molecule has 66 valence electrons. The highest BCUT2D eigenvalue weighted by molar-refractivity contribution is 7.07. The molecule has 0 spiro atoms. The Morgan fingerprint density at radius 2 is 2.58 bits per heavy atom. The molecule has 1 aromatic heterocycles. The summed E-state index contributed by atoms with van der Waals surface area (Å²) in [5.74, 6) is -0.815. The van der Waals surface area contributed by atoms with E-state index >= 15 is 0 Å². The number of carboxylic acids is 1. The number of aliphatic carboxylic acids is 1. The van der Waals surface area contributed by atoms with Crippen LogP contribution in [-0.4, -0.2) is 17.1 Å². The van der Waals surface area contributed by atoms with Crippen LogP contribution in [0.5, 0.6) is 0 Å². The average Bonchev–Trinajstić information content (AvgIpc) is 2.51. The molecule has 0 aliphatic carbocycles. The summed E-state index contributed by atoms with van der Waals surface area (Å²) in [7, 11) is 0. The van der Waals surface area contributed by atoms with Gasteiger partial charge in [0.05, 0.1) is 0 Å². The minimum absolute atomic E-state index is 0.482. The van der Waals surface area contributed by atoms with Gasteiger partial charge in [-0.15, -0.1) is 0 Å². The molecule has 0 bridgehead atoms. The average molecular weight is 185 g/mol. The minimum Gasteiger partial charge on any atom is -0.480 e. The first-order valence-corrected chi connectivity index (χ1v) is 4.61. The van der Waals surface area contributed by atoms with Gasteiger partial charge in [-0.25, -0.2) is 0 Å². The van der Waals surface area contributed by atoms with Gasteiger partial charge in [0.25, 0.3) is 0 Å². The Morgan fingerprint density at radius 3 is 3.08 bits per heavy atom. The van der Waals surface area contributed by atoms with E-state index in [0.717, 1.165) is 5.56 Å². The zero-order chi connectivity index (χ0) is 8.97. The molecule has 0 aliphatic rings. The maximum atomic E-state index is 10.4. The number of carboxylic acid groups (broad SMARTS) is 1. The van der Waals surface area contributed by atoms with Gasteiger partial charge in [-0.3, -0.25) is 4.79 Å². The Hall–Kier alpha value is -0.870. The highest BCUT2D eigenvalue weighted by Gasteiger charge is 2.08. The third kappa shape index (κ3) is 2.64. The summed E-state index contributed by atoms with van der Waals surface area (Å²) in [4.78, 5) is 10.4. The number of hydrogen-bond acceptors (Lipinski definition) is 3. The normalized spacial score (nSPS) is 12.8. The van der Waals surface area contributed by atoms with Crippen molar-refractivity contribution in [3.8, 4) is 0 Å². The molecule has 0 aromatic carbocycles. The molecule has 0 radical (unpaired) electrons. The van der Waals surface area contributed by atoms with Gasteiger partial charge in [0.15, 0.2) is 0 Å². The summed E-state index contributed by atoms with van der Waals surface area (Å²) in [5, 5.41) is 15.4. The summed E-state index contributed by atoms with van der Waals surface area (Å²) in [6.07, 6.45) is 0. The largest absolute Gasteiger partial charge is 0.480 e. The smallest absolute Gasteiger partial charge is 0.320 e. The molecule has 0 aliphatic heterocycles. The number of carbonyl (C=O) groups is 1. The molecule has 1 aromatic rings. The molecule has 3 nitrogen and oxygen atoms in total. The van der Waals surface area contributed by atoms with Crippen LogP contribution in [0.1, 0.15) is 12.5 Å². The molecular formula is C8H11NO2S. The van der Waals surface area contributed by atoms with Crippen LogP contribution in [0.2, 0.25) is 0 Å². The molecular weight excluding hydrogens is 174 g/mol. The topological polar surface area (TPSA) is 49.3 Å². The van der Waals surface area contributed by atoms with Gasteiger partial charge in [-0.05, 0) is 29.3 Å². The Labute approximate surface area is 75.0 Å². The van der Waals surface area contributed by atoms with Crippen molar-refractivity contribution >= 4 is 17.3 Å². The standard InChI is InChI=1S/C8H11NO2S/c1-6(8(10)11)9-4-7-2-3-12-5-7/h2-3,5-6,9H,4H2,1H3,(H,10,11)/t6-/m1/s1. The van der Waals surface area contributed by atoms with E-state index in [1.54, 1.807) is 18.3 Å². The van der Waals surface area contributed by atoms with Crippen molar-refractivity contribution in [2.75, 3.05) is 0 Å². The van der Waals surface area contributed by atoms with Crippen molar-refractivity contribution in [2.45, 2.75) is 19.5 Å². The van der Waals surface area contributed by atoms with Crippen LogP contribution in [0.15, 0.2) is 16.8 Å². The lowest BCUT2D eigenvalue weighted by Crippen LogP contribution is -2.32. The Balaban J connectivity index is 2.31. The van der Waals surface area contributed by atoms with Crippen molar-refractivity contribution in [3.05, 3.63) is 22.4 Å². The summed E-state index contributed by atoms with van der Waals surface area (Å²) < 4.78 is 0. The van der Waals surface area contributed by atoms with Crippen LogP contribution in [-0.2, 0) is 11.3 Å². The van der Waals surface area contributed by atoms with Crippen LogP contribution >= 0.6 is 11.3 Å². The molecule has 0 saturated heterocycles. The molecule has 1 heterocycles. The highest BCUT2D eigenvalue weighted by atomic mass is 32.1. The Kier molecular flexibility index (Phi) is 3.25. The second-order valence-corrected chi connectivity index (χ2v) is 3.35. The summed E-state index contributed by atoms with van der Waals surface area (Å²) in [6, 6.07) is 1.50. The molecule has 0 fully saturated rings. The van der Waals surface area contributed by atoms with E-state index in [1.807, 2.05) is 16.8 Å². The number of thiophene rings is 1. The Morgan fingerprint density at radius 1 is 1.83 bits per heavy atom. The van der Waals surface area contributed by atoms with Crippen LogP contribution in [0.4, 0.5) is 0 Å². The third-order valence-corrected chi connectivity index (χ3v) is 2.29. The van der Waals surface area contributed by atoms with Gasteiger partial charge in [-0.1, -0.05) is 0 Å². The number of nitrogens with one attached hydrogen (secondary N) is 1. The van der Waals surface area contributed by atoms with Gasteiger partial charge in [0.1, 0.15) is 6.04 Å². The van der Waals surface area contributed by atoms with E-state index in [1.165, 1.54) is 0 Å². The fraction of sp³-hybridized carbons (Fsp3) is 0.375. The summed E-state index contributed by atoms with van der Waals surface area (Å²) >= 11 is 1.61. The quantitative estimate of drug-likeness (QED) is 0.743. The molecule has 12 heavy (non-hydrogen) atoms. The molecule has 1 atom stereocenters. The monoisotopic (exact) mass is 185 g/mol. The molecule has 1 rings (SSSR count). The molecule has 2 N–H and O–H groups in total. The van der Waals surface area contributed by atoms with E-state index in [9.17, 15) is 4.79 Å². The van der Waals surface area contributed by atoms with E-state index in [0.29, 0.717) is 6.54 Å². The predicted molar refractivity (Wildman–Crippen MR) is 48.3 cm³/mol. The fourth-order valence-corrected chi connectivity index (χ4v) is 1.42. The Bertz CT molecular complexity index is 246. The zero-order valence-electron chi connectivity index (χ0n) is 6.78. The van der Waals surface area contributed by atoms with Crippen LogP contribution in [0.3, 0.4) is 0 Å². The lowest BCUT2D eigenvalue weighted by atomic mass is 10.3. The molecule has 0 amide bonds. The van der Waals surface area contributed by atoms with Crippen molar-refractivity contribution < 1.29 is 9.90 Å².